The number of nitrogens with zero attached hydrogens (tertiary/aromatic N) is 1. The zero-order valence-electron chi connectivity index (χ0n) is 11.1. The van der Waals surface area contributed by atoms with Gasteiger partial charge in [-0.05, 0) is 63.2 Å². The van der Waals surface area contributed by atoms with Crippen molar-refractivity contribution < 1.29 is 4.74 Å². The number of hydrogen-bond donors (Lipinski definition) is 1. The lowest BCUT2D eigenvalue weighted by molar-refractivity contribution is 0.305. The zero-order chi connectivity index (χ0) is 12.5. The molecule has 0 saturated heterocycles. The minimum atomic E-state index is -0.0664. The summed E-state index contributed by atoms with van der Waals surface area (Å²) in [5.41, 5.74) is 10.8. The van der Waals surface area contributed by atoms with Gasteiger partial charge in [-0.25, -0.2) is 0 Å². The van der Waals surface area contributed by atoms with Gasteiger partial charge < -0.3 is 10.5 Å². The maximum absolute atomic E-state index is 6.15. The predicted molar refractivity (Wildman–Crippen MR) is 67.8 cm³/mol. The first-order chi connectivity index (χ1) is 7.40. The van der Waals surface area contributed by atoms with Crippen molar-refractivity contribution in [3.8, 4) is 5.75 Å². The number of rotatable bonds is 3. The Bertz CT molecular complexity index is 386. The largest absolute Gasteiger partial charge is 0.496 e. The van der Waals surface area contributed by atoms with Gasteiger partial charge in [-0.3, -0.25) is 4.90 Å². The van der Waals surface area contributed by atoms with Gasteiger partial charge in [0.05, 0.1) is 13.3 Å². The number of nitrogens with two attached hydrogens (primary N) is 1. The molecule has 2 N–H and O–H groups in total. The lowest BCUT2D eigenvalue weighted by atomic mass is 9.96. The highest BCUT2D eigenvalue weighted by Crippen LogP contribution is 2.31. The van der Waals surface area contributed by atoms with E-state index in [9.17, 15) is 0 Å². The van der Waals surface area contributed by atoms with E-state index in [0.29, 0.717) is 0 Å². The van der Waals surface area contributed by atoms with Gasteiger partial charge >= 0.3 is 0 Å². The van der Waals surface area contributed by atoms with Crippen LogP contribution in [0, 0.1) is 20.8 Å². The molecular formula is C13H22N2O. The monoisotopic (exact) mass is 222 g/mol. The first-order valence-electron chi connectivity index (χ1n) is 5.46. The number of aryl methyl sites for hydroxylation is 1. The number of benzene rings is 1. The molecule has 0 amide bonds. The fourth-order valence-electron chi connectivity index (χ4n) is 1.99. The molecule has 1 aromatic rings. The van der Waals surface area contributed by atoms with Crippen LogP contribution in [0.1, 0.15) is 28.4 Å². The van der Waals surface area contributed by atoms with Gasteiger partial charge in [0.2, 0.25) is 0 Å². The zero-order valence-corrected chi connectivity index (χ0v) is 11.1. The summed E-state index contributed by atoms with van der Waals surface area (Å²) in [6.07, 6.45) is -0.0664. The number of ether oxygens (including phenoxy) is 1. The van der Waals surface area contributed by atoms with E-state index in [4.69, 9.17) is 10.5 Å². The van der Waals surface area contributed by atoms with Gasteiger partial charge in [0, 0.05) is 0 Å². The van der Waals surface area contributed by atoms with Crippen molar-refractivity contribution >= 4 is 0 Å². The highest BCUT2D eigenvalue weighted by Gasteiger charge is 2.16. The van der Waals surface area contributed by atoms with E-state index in [2.05, 4.69) is 26.8 Å². The molecule has 16 heavy (non-hydrogen) atoms. The second kappa shape index (κ2) is 4.85. The van der Waals surface area contributed by atoms with Crippen LogP contribution in [0.25, 0.3) is 0 Å². The molecule has 3 nitrogen and oxygen atoms in total. The van der Waals surface area contributed by atoms with Crippen molar-refractivity contribution in [2.75, 3.05) is 21.2 Å². The fraction of sp³-hybridized carbons (Fsp3) is 0.538. The molecule has 0 spiro atoms. The molecule has 1 atom stereocenters. The smallest absolute Gasteiger partial charge is 0.124 e. The molecule has 0 heterocycles. The third-order valence-electron chi connectivity index (χ3n) is 3.15. The first-order valence-corrected chi connectivity index (χ1v) is 5.46. The van der Waals surface area contributed by atoms with E-state index in [1.165, 1.54) is 16.7 Å². The first kappa shape index (κ1) is 13.0. The van der Waals surface area contributed by atoms with E-state index in [-0.39, 0.29) is 6.17 Å². The molecule has 1 rings (SSSR count). The highest BCUT2D eigenvalue weighted by molar-refractivity contribution is 5.49. The molecule has 1 aromatic carbocycles. The summed E-state index contributed by atoms with van der Waals surface area (Å²) in [5, 5.41) is 0. The lowest BCUT2D eigenvalue weighted by Crippen LogP contribution is -2.28. The van der Waals surface area contributed by atoms with Gasteiger partial charge in [0.25, 0.3) is 0 Å². The molecular weight excluding hydrogens is 200 g/mol. The Morgan fingerprint density at radius 1 is 1.19 bits per heavy atom. The predicted octanol–water partition coefficient (Wildman–Crippen LogP) is 2.14. The summed E-state index contributed by atoms with van der Waals surface area (Å²) >= 11 is 0. The van der Waals surface area contributed by atoms with Gasteiger partial charge in [0.1, 0.15) is 5.75 Å². The summed E-state index contributed by atoms with van der Waals surface area (Å²) in [7, 11) is 5.68. The third-order valence-corrected chi connectivity index (χ3v) is 3.15. The average molecular weight is 222 g/mol. The van der Waals surface area contributed by atoms with Gasteiger partial charge in [-0.1, -0.05) is 0 Å². The maximum Gasteiger partial charge on any atom is 0.124 e. The summed E-state index contributed by atoms with van der Waals surface area (Å²) in [4.78, 5) is 2.01. The summed E-state index contributed by atoms with van der Waals surface area (Å²) in [6, 6.07) is 2.12. The van der Waals surface area contributed by atoms with Crippen LogP contribution in [0.4, 0.5) is 0 Å². The van der Waals surface area contributed by atoms with Crippen LogP contribution in [0.5, 0.6) is 5.75 Å². The molecule has 0 aliphatic carbocycles. The molecule has 0 aliphatic heterocycles. The van der Waals surface area contributed by atoms with Crippen molar-refractivity contribution in [2.45, 2.75) is 26.9 Å². The Kier molecular flexibility index (Phi) is 3.94. The topological polar surface area (TPSA) is 38.5 Å². The molecule has 0 bridgehead atoms. The van der Waals surface area contributed by atoms with Crippen LogP contribution in [-0.2, 0) is 0 Å². The summed E-state index contributed by atoms with van der Waals surface area (Å²) in [5.74, 6) is 0.965. The molecule has 0 aliphatic rings. The lowest BCUT2D eigenvalue weighted by Gasteiger charge is -2.24. The van der Waals surface area contributed by atoms with E-state index in [1.807, 2.05) is 19.0 Å². The summed E-state index contributed by atoms with van der Waals surface area (Å²) < 4.78 is 5.40. The van der Waals surface area contributed by atoms with Crippen molar-refractivity contribution in [3.63, 3.8) is 0 Å². The van der Waals surface area contributed by atoms with E-state index in [1.54, 1.807) is 7.11 Å². The SMILES string of the molecule is COc1c(C)cc(C(N)N(C)C)c(C)c1C. The van der Waals surface area contributed by atoms with Crippen LogP contribution in [-0.4, -0.2) is 26.1 Å². The summed E-state index contributed by atoms with van der Waals surface area (Å²) in [6.45, 7) is 6.22. The van der Waals surface area contributed by atoms with Crippen molar-refractivity contribution in [3.05, 3.63) is 28.3 Å². The van der Waals surface area contributed by atoms with E-state index >= 15 is 0 Å². The Labute approximate surface area is 98.2 Å². The van der Waals surface area contributed by atoms with Crippen molar-refractivity contribution in [1.29, 1.82) is 0 Å². The second-order valence-electron chi connectivity index (χ2n) is 4.47. The minimum Gasteiger partial charge on any atom is -0.496 e. The molecule has 3 heteroatoms. The normalized spacial score (nSPS) is 13.0. The van der Waals surface area contributed by atoms with Crippen molar-refractivity contribution in [2.24, 2.45) is 5.73 Å². The molecule has 0 aromatic heterocycles. The molecule has 0 saturated carbocycles. The van der Waals surface area contributed by atoms with Crippen LogP contribution in [0.3, 0.4) is 0 Å². The molecule has 1 unspecified atom stereocenters. The fourth-order valence-corrected chi connectivity index (χ4v) is 1.99. The number of methoxy groups -OCH3 is 1. The average Bonchev–Trinajstić information content (AvgIpc) is 2.23. The van der Waals surface area contributed by atoms with E-state index < -0.39 is 0 Å². The van der Waals surface area contributed by atoms with Crippen LogP contribution < -0.4 is 10.5 Å². The Balaban J connectivity index is 3.34. The minimum absolute atomic E-state index is 0.0664. The van der Waals surface area contributed by atoms with E-state index in [0.717, 1.165) is 11.3 Å². The van der Waals surface area contributed by atoms with Gasteiger partial charge in [-0.2, -0.15) is 0 Å². The molecule has 90 valence electrons. The Hall–Kier alpha value is -1.06. The van der Waals surface area contributed by atoms with Crippen LogP contribution >= 0.6 is 0 Å². The molecule has 0 fully saturated rings. The number of hydrogen-bond acceptors (Lipinski definition) is 3. The quantitative estimate of drug-likeness (QED) is 0.796. The Morgan fingerprint density at radius 2 is 1.75 bits per heavy atom. The van der Waals surface area contributed by atoms with Crippen LogP contribution in [0.2, 0.25) is 0 Å². The van der Waals surface area contributed by atoms with Gasteiger partial charge in [0.15, 0.2) is 0 Å². The third kappa shape index (κ3) is 2.20. The van der Waals surface area contributed by atoms with Crippen molar-refractivity contribution in [1.82, 2.24) is 4.90 Å². The second-order valence-corrected chi connectivity index (χ2v) is 4.47. The maximum atomic E-state index is 6.15. The standard InChI is InChI=1S/C13H22N2O/c1-8-7-11(13(14)15(4)5)9(2)10(3)12(8)16-6/h7,13H,14H2,1-6H3. The van der Waals surface area contributed by atoms with Crippen LogP contribution in [0.15, 0.2) is 6.07 Å². The van der Waals surface area contributed by atoms with Gasteiger partial charge in [-0.15, -0.1) is 0 Å². The Morgan fingerprint density at radius 3 is 2.19 bits per heavy atom. The molecule has 0 radical (unpaired) electrons. The highest BCUT2D eigenvalue weighted by atomic mass is 16.5.